The van der Waals surface area contributed by atoms with E-state index in [2.05, 4.69) is 29.9 Å². The van der Waals surface area contributed by atoms with Crippen LogP contribution in [0.25, 0.3) is 5.65 Å². The predicted molar refractivity (Wildman–Crippen MR) is 81.2 cm³/mol. The van der Waals surface area contributed by atoms with Gasteiger partial charge in [-0.15, -0.1) is 0 Å². The third-order valence-corrected chi connectivity index (χ3v) is 4.33. The first-order chi connectivity index (χ1) is 9.61. The molecule has 108 valence electrons. The predicted octanol–water partition coefficient (Wildman–Crippen LogP) is 2.29. The van der Waals surface area contributed by atoms with Crippen molar-refractivity contribution in [3.8, 4) is 0 Å². The summed E-state index contributed by atoms with van der Waals surface area (Å²) in [5.74, 6) is 0.714. The summed E-state index contributed by atoms with van der Waals surface area (Å²) >= 11 is 0. The highest BCUT2D eigenvalue weighted by molar-refractivity contribution is 5.39. The number of aromatic nitrogens is 2. The molecule has 1 N–H and O–H groups in total. The van der Waals surface area contributed by atoms with Crippen LogP contribution >= 0.6 is 0 Å². The van der Waals surface area contributed by atoms with Crippen LogP contribution in [0.4, 0.5) is 0 Å². The van der Waals surface area contributed by atoms with Crippen LogP contribution in [0, 0.1) is 5.92 Å². The van der Waals surface area contributed by atoms with Crippen molar-refractivity contribution >= 4 is 5.65 Å². The molecule has 2 aromatic heterocycles. The molecular weight excluding hydrogens is 250 g/mol. The molecule has 4 nitrogen and oxygen atoms in total. The van der Waals surface area contributed by atoms with E-state index in [1.54, 1.807) is 12.1 Å². The molecule has 3 heterocycles. The molecule has 1 atom stereocenters. The van der Waals surface area contributed by atoms with E-state index in [1.807, 2.05) is 10.6 Å². The Kier molecular flexibility index (Phi) is 3.66. The fourth-order valence-corrected chi connectivity index (χ4v) is 3.22. The molecule has 4 heteroatoms. The molecule has 1 saturated heterocycles. The van der Waals surface area contributed by atoms with E-state index < -0.39 is 0 Å². The Morgan fingerprint density at radius 3 is 3.10 bits per heavy atom. The van der Waals surface area contributed by atoms with Gasteiger partial charge in [-0.3, -0.25) is 4.79 Å². The van der Waals surface area contributed by atoms with E-state index in [9.17, 15) is 4.79 Å². The van der Waals surface area contributed by atoms with Crippen molar-refractivity contribution in [2.45, 2.75) is 39.2 Å². The van der Waals surface area contributed by atoms with E-state index >= 15 is 0 Å². The monoisotopic (exact) mass is 273 g/mol. The average molecular weight is 273 g/mol. The number of aromatic amines is 1. The Hall–Kier alpha value is -1.55. The minimum atomic E-state index is 0.0575. The second-order valence-electron chi connectivity index (χ2n) is 6.24. The Morgan fingerprint density at radius 2 is 2.30 bits per heavy atom. The molecule has 1 unspecified atom stereocenters. The van der Waals surface area contributed by atoms with Gasteiger partial charge in [0.2, 0.25) is 0 Å². The number of H-pyrrole nitrogens is 1. The fourth-order valence-electron chi connectivity index (χ4n) is 3.22. The fraction of sp³-hybridized carbons (Fsp3) is 0.562. The summed E-state index contributed by atoms with van der Waals surface area (Å²) in [5.41, 5.74) is 2.18. The lowest BCUT2D eigenvalue weighted by atomic mass is 9.93. The van der Waals surface area contributed by atoms with Gasteiger partial charge in [0.1, 0.15) is 5.65 Å². The molecule has 2 aromatic rings. The number of piperidine rings is 1. The molecule has 0 spiro atoms. The largest absolute Gasteiger partial charge is 0.343 e. The van der Waals surface area contributed by atoms with Crippen molar-refractivity contribution in [2.24, 2.45) is 5.92 Å². The molecule has 0 amide bonds. The molecule has 0 radical (unpaired) electrons. The average Bonchev–Trinajstić information content (AvgIpc) is 2.80. The Labute approximate surface area is 119 Å². The molecule has 0 bridgehead atoms. The summed E-state index contributed by atoms with van der Waals surface area (Å²) < 4.78 is 2.00. The maximum absolute atomic E-state index is 11.4. The number of hydrogen-bond donors (Lipinski definition) is 1. The van der Waals surface area contributed by atoms with E-state index in [4.69, 9.17) is 0 Å². The normalized spacial score (nSPS) is 20.9. The standard InChI is InChI=1S/C16H23N3O/c1-12(2)18-6-3-4-13(10-18)8-14-11-19-7-5-15(20)9-16(19)17-14/h5,7,9,11-13,17H,3-4,6,8,10H2,1-2H3. The van der Waals surface area contributed by atoms with Crippen molar-refractivity contribution in [3.63, 3.8) is 0 Å². The first-order valence-electron chi connectivity index (χ1n) is 7.56. The molecule has 1 aliphatic heterocycles. The van der Waals surface area contributed by atoms with E-state index in [1.165, 1.54) is 31.6 Å². The smallest absolute Gasteiger partial charge is 0.183 e. The highest BCUT2D eigenvalue weighted by Gasteiger charge is 2.22. The zero-order chi connectivity index (χ0) is 14.1. The maximum Gasteiger partial charge on any atom is 0.183 e. The molecule has 1 aliphatic rings. The van der Waals surface area contributed by atoms with Crippen molar-refractivity contribution in [1.29, 1.82) is 0 Å². The van der Waals surface area contributed by atoms with Crippen LogP contribution in [0.5, 0.6) is 0 Å². The summed E-state index contributed by atoms with van der Waals surface area (Å²) in [6.07, 6.45) is 7.61. The van der Waals surface area contributed by atoms with Gasteiger partial charge in [-0.1, -0.05) is 0 Å². The third kappa shape index (κ3) is 2.80. The van der Waals surface area contributed by atoms with Crippen LogP contribution in [0.2, 0.25) is 0 Å². The third-order valence-electron chi connectivity index (χ3n) is 4.33. The molecule has 3 rings (SSSR count). The van der Waals surface area contributed by atoms with Crippen molar-refractivity contribution < 1.29 is 0 Å². The number of likely N-dealkylation sites (tertiary alicyclic amines) is 1. The van der Waals surface area contributed by atoms with Crippen LogP contribution in [-0.2, 0) is 6.42 Å². The number of nitrogens with one attached hydrogen (secondary N) is 1. The number of pyridine rings is 1. The van der Waals surface area contributed by atoms with Gasteiger partial charge in [-0.05, 0) is 45.6 Å². The number of fused-ring (bicyclic) bond motifs is 1. The number of rotatable bonds is 3. The SMILES string of the molecule is CC(C)N1CCCC(Cc2cn3ccc(=O)cc3[nH]2)C1. The van der Waals surface area contributed by atoms with Crippen LogP contribution < -0.4 is 5.43 Å². The quantitative estimate of drug-likeness (QED) is 0.932. The van der Waals surface area contributed by atoms with Crippen LogP contribution in [0.3, 0.4) is 0 Å². The molecule has 0 aliphatic carbocycles. The highest BCUT2D eigenvalue weighted by atomic mass is 16.1. The second kappa shape index (κ2) is 5.44. The van der Waals surface area contributed by atoms with Gasteiger partial charge in [0.15, 0.2) is 5.43 Å². The lowest BCUT2D eigenvalue weighted by Gasteiger charge is -2.35. The van der Waals surface area contributed by atoms with Crippen molar-refractivity contribution in [3.05, 3.63) is 40.4 Å². The Morgan fingerprint density at radius 1 is 1.45 bits per heavy atom. The van der Waals surface area contributed by atoms with Gasteiger partial charge >= 0.3 is 0 Å². The Balaban J connectivity index is 1.74. The van der Waals surface area contributed by atoms with Gasteiger partial charge < -0.3 is 14.3 Å². The minimum absolute atomic E-state index is 0.0575. The van der Waals surface area contributed by atoms with Crippen LogP contribution in [0.15, 0.2) is 29.3 Å². The summed E-state index contributed by atoms with van der Waals surface area (Å²) in [6.45, 7) is 6.97. The topological polar surface area (TPSA) is 40.5 Å². The first kappa shape index (κ1) is 13.4. The summed E-state index contributed by atoms with van der Waals surface area (Å²) in [7, 11) is 0. The molecular formula is C16H23N3O. The van der Waals surface area contributed by atoms with Gasteiger partial charge in [0.25, 0.3) is 0 Å². The first-order valence-corrected chi connectivity index (χ1v) is 7.56. The summed E-state index contributed by atoms with van der Waals surface area (Å²) in [6, 6.07) is 3.90. The zero-order valence-electron chi connectivity index (χ0n) is 12.3. The van der Waals surface area contributed by atoms with Crippen LogP contribution in [-0.4, -0.2) is 33.4 Å². The van der Waals surface area contributed by atoms with E-state index in [0.717, 1.165) is 12.1 Å². The zero-order valence-corrected chi connectivity index (χ0v) is 12.3. The molecule has 20 heavy (non-hydrogen) atoms. The molecule has 0 saturated carbocycles. The highest BCUT2D eigenvalue weighted by Crippen LogP contribution is 2.22. The van der Waals surface area contributed by atoms with Gasteiger partial charge in [-0.2, -0.15) is 0 Å². The summed E-state index contributed by atoms with van der Waals surface area (Å²) in [5, 5.41) is 0. The maximum atomic E-state index is 11.4. The Bertz CT molecular complexity index is 640. The molecule has 1 fully saturated rings. The van der Waals surface area contributed by atoms with Crippen molar-refractivity contribution in [2.75, 3.05) is 13.1 Å². The van der Waals surface area contributed by atoms with Gasteiger partial charge in [0, 0.05) is 42.8 Å². The molecule has 0 aromatic carbocycles. The van der Waals surface area contributed by atoms with Crippen LogP contribution in [0.1, 0.15) is 32.4 Å². The lowest BCUT2D eigenvalue weighted by molar-refractivity contribution is 0.139. The van der Waals surface area contributed by atoms with E-state index in [-0.39, 0.29) is 5.43 Å². The second-order valence-corrected chi connectivity index (χ2v) is 6.24. The minimum Gasteiger partial charge on any atom is -0.343 e. The van der Waals surface area contributed by atoms with Gasteiger partial charge in [0.05, 0.1) is 0 Å². The van der Waals surface area contributed by atoms with E-state index in [0.29, 0.717) is 12.0 Å². The summed E-state index contributed by atoms with van der Waals surface area (Å²) in [4.78, 5) is 17.3. The lowest BCUT2D eigenvalue weighted by Crippen LogP contribution is -2.40. The number of imidazole rings is 1. The van der Waals surface area contributed by atoms with Crippen molar-refractivity contribution in [1.82, 2.24) is 14.3 Å². The van der Waals surface area contributed by atoms with Gasteiger partial charge in [-0.25, -0.2) is 0 Å². The number of hydrogen-bond acceptors (Lipinski definition) is 2. The number of nitrogens with zero attached hydrogens (tertiary/aromatic N) is 2.